The third kappa shape index (κ3) is 3.80. The second-order valence-electron chi connectivity index (χ2n) is 9.50. The van der Waals surface area contributed by atoms with E-state index in [9.17, 15) is 0 Å². The van der Waals surface area contributed by atoms with E-state index in [1.54, 1.807) is 0 Å². The van der Waals surface area contributed by atoms with E-state index < -0.39 is 0 Å². The molecule has 0 radical (unpaired) electrons. The summed E-state index contributed by atoms with van der Waals surface area (Å²) < 4.78 is 0. The quantitative estimate of drug-likeness (QED) is 0.340. The van der Waals surface area contributed by atoms with Crippen molar-refractivity contribution in [2.45, 2.75) is 39.5 Å². The zero-order valence-electron chi connectivity index (χ0n) is 20.0. The van der Waals surface area contributed by atoms with Crippen molar-refractivity contribution in [2.75, 3.05) is 16.8 Å². The van der Waals surface area contributed by atoms with E-state index >= 15 is 0 Å². The molecule has 2 heteroatoms. The molecule has 0 spiro atoms. The van der Waals surface area contributed by atoms with Crippen molar-refractivity contribution in [3.8, 4) is 11.1 Å². The van der Waals surface area contributed by atoms with Gasteiger partial charge in [-0.2, -0.15) is 0 Å². The van der Waals surface area contributed by atoms with Crippen LogP contribution in [0.1, 0.15) is 37.0 Å². The number of anilines is 4. The maximum atomic E-state index is 3.75. The fourth-order valence-electron chi connectivity index (χ4n) is 5.04. The minimum atomic E-state index is 0.134. The highest BCUT2D eigenvalue weighted by Crippen LogP contribution is 2.49. The van der Waals surface area contributed by atoms with Crippen LogP contribution in [0, 0.1) is 13.8 Å². The molecular weight excluding hydrogens is 400 g/mol. The maximum Gasteiger partial charge on any atom is 0.0656 e. The van der Waals surface area contributed by atoms with Gasteiger partial charge in [-0.3, -0.25) is 0 Å². The van der Waals surface area contributed by atoms with E-state index in [-0.39, 0.29) is 5.41 Å². The summed E-state index contributed by atoms with van der Waals surface area (Å²) in [5.74, 6) is 0. The minimum Gasteiger partial charge on any atom is -0.354 e. The monoisotopic (exact) mass is 432 g/mol. The normalized spacial score (nSPS) is 17.2. The minimum absolute atomic E-state index is 0.134. The summed E-state index contributed by atoms with van der Waals surface area (Å²) in [7, 11) is 0. The van der Waals surface area contributed by atoms with Gasteiger partial charge in [0.15, 0.2) is 0 Å². The average molecular weight is 433 g/mol. The summed E-state index contributed by atoms with van der Waals surface area (Å²) in [5.41, 5.74) is 11.5. The molecule has 1 unspecified atom stereocenters. The van der Waals surface area contributed by atoms with Gasteiger partial charge in [-0.1, -0.05) is 80.6 Å². The van der Waals surface area contributed by atoms with E-state index in [1.807, 2.05) is 0 Å². The lowest BCUT2D eigenvalue weighted by molar-refractivity contribution is 0.492. The van der Waals surface area contributed by atoms with E-state index in [0.29, 0.717) is 0 Å². The fourth-order valence-corrected chi connectivity index (χ4v) is 5.04. The first kappa shape index (κ1) is 21.3. The van der Waals surface area contributed by atoms with Crippen LogP contribution in [0.2, 0.25) is 0 Å². The highest BCUT2D eigenvalue weighted by molar-refractivity contribution is 5.87. The number of para-hydroxylation sites is 2. The van der Waals surface area contributed by atoms with Crippen LogP contribution in [0.4, 0.5) is 22.7 Å². The zero-order valence-corrected chi connectivity index (χ0v) is 20.0. The first-order chi connectivity index (χ1) is 16.0. The van der Waals surface area contributed by atoms with Gasteiger partial charge in [0.05, 0.1) is 11.4 Å². The van der Waals surface area contributed by atoms with Gasteiger partial charge in [-0.15, -0.1) is 0 Å². The van der Waals surface area contributed by atoms with Crippen LogP contribution in [-0.2, 0) is 5.41 Å². The SMILES string of the molecule is CCC1(C)CN(c2cc(-c3ccccc3C)ccc2Nc2ccccc2C)c2ccccc21. The number of fused-ring (bicyclic) bond motifs is 1. The van der Waals surface area contributed by atoms with Crippen molar-refractivity contribution in [2.24, 2.45) is 0 Å². The van der Waals surface area contributed by atoms with Crippen molar-refractivity contribution in [1.82, 2.24) is 0 Å². The van der Waals surface area contributed by atoms with Crippen molar-refractivity contribution in [3.63, 3.8) is 0 Å². The molecule has 1 heterocycles. The first-order valence-corrected chi connectivity index (χ1v) is 11.9. The van der Waals surface area contributed by atoms with Gasteiger partial charge in [-0.05, 0) is 72.4 Å². The Labute approximate surface area is 197 Å². The van der Waals surface area contributed by atoms with E-state index in [4.69, 9.17) is 0 Å². The lowest BCUT2D eigenvalue weighted by Crippen LogP contribution is -2.28. The molecular formula is C31H32N2. The largest absolute Gasteiger partial charge is 0.354 e. The number of nitrogens with one attached hydrogen (secondary N) is 1. The molecule has 5 rings (SSSR count). The number of nitrogens with zero attached hydrogens (tertiary/aromatic N) is 1. The molecule has 0 saturated heterocycles. The molecule has 0 fully saturated rings. The van der Waals surface area contributed by atoms with Gasteiger partial charge in [0.1, 0.15) is 0 Å². The van der Waals surface area contributed by atoms with E-state index in [2.05, 4.69) is 129 Å². The third-order valence-electron chi connectivity index (χ3n) is 7.29. The van der Waals surface area contributed by atoms with Crippen LogP contribution in [0.5, 0.6) is 0 Å². The molecule has 166 valence electrons. The Morgan fingerprint density at radius 3 is 2.21 bits per heavy atom. The lowest BCUT2D eigenvalue weighted by Gasteiger charge is -2.28. The van der Waals surface area contributed by atoms with Crippen molar-refractivity contribution in [3.05, 3.63) is 108 Å². The highest BCUT2D eigenvalue weighted by atomic mass is 15.2. The van der Waals surface area contributed by atoms with Crippen LogP contribution < -0.4 is 10.2 Å². The van der Waals surface area contributed by atoms with Crippen LogP contribution in [-0.4, -0.2) is 6.54 Å². The van der Waals surface area contributed by atoms with E-state index in [1.165, 1.54) is 39.2 Å². The van der Waals surface area contributed by atoms with Crippen LogP contribution in [0.25, 0.3) is 11.1 Å². The molecule has 0 bridgehead atoms. The lowest BCUT2D eigenvalue weighted by atomic mass is 9.82. The topological polar surface area (TPSA) is 15.3 Å². The molecule has 0 aliphatic carbocycles. The Morgan fingerprint density at radius 1 is 0.758 bits per heavy atom. The molecule has 33 heavy (non-hydrogen) atoms. The molecule has 0 aromatic heterocycles. The van der Waals surface area contributed by atoms with E-state index in [0.717, 1.165) is 24.3 Å². The molecule has 4 aromatic rings. The summed E-state index contributed by atoms with van der Waals surface area (Å²) in [6.45, 7) is 10.0. The van der Waals surface area contributed by atoms with Gasteiger partial charge in [-0.25, -0.2) is 0 Å². The molecule has 0 amide bonds. The second-order valence-corrected chi connectivity index (χ2v) is 9.50. The van der Waals surface area contributed by atoms with Gasteiger partial charge in [0, 0.05) is 23.3 Å². The molecule has 1 N–H and O–H groups in total. The van der Waals surface area contributed by atoms with Crippen molar-refractivity contribution >= 4 is 22.7 Å². The van der Waals surface area contributed by atoms with Crippen molar-refractivity contribution in [1.29, 1.82) is 0 Å². The Balaban J connectivity index is 1.68. The molecule has 0 saturated carbocycles. The molecule has 2 nitrogen and oxygen atoms in total. The summed E-state index contributed by atoms with van der Waals surface area (Å²) >= 11 is 0. The van der Waals surface area contributed by atoms with Crippen LogP contribution in [0.15, 0.2) is 91.0 Å². The third-order valence-corrected chi connectivity index (χ3v) is 7.29. The number of hydrogen-bond donors (Lipinski definition) is 1. The number of hydrogen-bond acceptors (Lipinski definition) is 2. The average Bonchev–Trinajstić information content (AvgIpc) is 3.14. The molecule has 1 atom stereocenters. The number of benzene rings is 4. The predicted octanol–water partition coefficient (Wildman–Crippen LogP) is 8.53. The molecule has 4 aromatic carbocycles. The highest BCUT2D eigenvalue weighted by Gasteiger charge is 2.38. The second kappa shape index (κ2) is 8.44. The summed E-state index contributed by atoms with van der Waals surface area (Å²) in [6, 6.07) is 32.9. The number of rotatable bonds is 5. The molecule has 1 aliphatic rings. The fraction of sp³-hybridized carbons (Fsp3) is 0.226. The Kier molecular flexibility index (Phi) is 5.46. The Morgan fingerprint density at radius 2 is 1.45 bits per heavy atom. The van der Waals surface area contributed by atoms with Gasteiger partial charge >= 0.3 is 0 Å². The van der Waals surface area contributed by atoms with Crippen LogP contribution in [0.3, 0.4) is 0 Å². The summed E-state index contributed by atoms with van der Waals surface area (Å²) in [6.07, 6.45) is 1.11. The van der Waals surface area contributed by atoms with Crippen LogP contribution >= 0.6 is 0 Å². The standard InChI is InChI=1S/C31H32N2/c1-5-31(4)21-33(29-17-11-9-15-26(29)31)30-20-24(25-14-8-6-12-22(25)2)18-19-28(30)32-27-16-10-7-13-23(27)3/h6-20,32H,5,21H2,1-4H3. The van der Waals surface area contributed by atoms with Gasteiger partial charge in [0.25, 0.3) is 0 Å². The zero-order chi connectivity index (χ0) is 23.0. The maximum absolute atomic E-state index is 3.75. The summed E-state index contributed by atoms with van der Waals surface area (Å²) in [5, 5.41) is 3.75. The van der Waals surface area contributed by atoms with Gasteiger partial charge in [0.2, 0.25) is 0 Å². The molecule has 1 aliphatic heterocycles. The first-order valence-electron chi connectivity index (χ1n) is 11.9. The Hall–Kier alpha value is -3.52. The number of aryl methyl sites for hydroxylation is 2. The van der Waals surface area contributed by atoms with Crippen molar-refractivity contribution < 1.29 is 0 Å². The predicted molar refractivity (Wildman–Crippen MR) is 142 cm³/mol. The van der Waals surface area contributed by atoms with Gasteiger partial charge < -0.3 is 10.2 Å². The smallest absolute Gasteiger partial charge is 0.0656 e. The summed E-state index contributed by atoms with van der Waals surface area (Å²) in [4.78, 5) is 2.52. The Bertz CT molecular complexity index is 1310.